The van der Waals surface area contributed by atoms with Gasteiger partial charge < -0.3 is 59.3 Å². The standard InChI is InChI=1S/C41H56N2O15/c1-39(2,3)55-28(46)15-14-25(19-44)42-38(51)40-17-26-32-33(57-41(56-32,23-10-11-23)24-12-13-24)35(40)58-43(34(40)36(50)53-26)18-22-8-6-21(7-9-22)5-4-16-52-37-31(49)30(48)29(47)27(20-45)54-37/h4-9,23-27,29-35,37,44-45,47-49H,10-20H2,1-3H3,(H,42,51)/t25-,26+,27+,29-,30-,31+,32-,33-,34-,35+,37-,40-/m0/s1. The Hall–Kier alpha value is -3.07. The molecule has 1 aromatic rings. The predicted octanol–water partition coefficient (Wildman–Crippen LogP) is 0.216. The van der Waals surface area contributed by atoms with Crippen LogP contribution in [0, 0.1) is 17.3 Å². The molecule has 7 aliphatic rings. The maximum absolute atomic E-state index is 14.7. The highest BCUT2D eigenvalue weighted by atomic mass is 16.8. The number of esters is 2. The zero-order chi connectivity index (χ0) is 41.1. The summed E-state index contributed by atoms with van der Waals surface area (Å²) in [7, 11) is 0. The molecule has 3 aliphatic carbocycles. The highest BCUT2D eigenvalue weighted by Gasteiger charge is 2.78. The molecule has 320 valence electrons. The van der Waals surface area contributed by atoms with Gasteiger partial charge in [-0.05, 0) is 64.0 Å². The number of aliphatic hydroxyl groups excluding tert-OH is 5. The second-order valence-corrected chi connectivity index (χ2v) is 17.8. The monoisotopic (exact) mass is 816 g/mol. The fourth-order valence-electron chi connectivity index (χ4n) is 9.33. The normalized spacial score (nSPS) is 37.3. The lowest BCUT2D eigenvalue weighted by molar-refractivity contribution is -0.298. The van der Waals surface area contributed by atoms with Crippen LogP contribution < -0.4 is 5.32 Å². The van der Waals surface area contributed by atoms with Crippen molar-refractivity contribution in [1.29, 1.82) is 0 Å². The van der Waals surface area contributed by atoms with E-state index in [0.717, 1.165) is 36.8 Å². The first-order chi connectivity index (χ1) is 27.7. The molecule has 1 amide bonds. The molecular formula is C41H56N2O15. The number of hydroxylamine groups is 2. The Kier molecular flexibility index (Phi) is 11.5. The molecule has 58 heavy (non-hydrogen) atoms. The van der Waals surface area contributed by atoms with Crippen molar-refractivity contribution < 1.29 is 73.2 Å². The number of nitrogens with zero attached hydrogens (tertiary/aromatic N) is 1. The van der Waals surface area contributed by atoms with E-state index >= 15 is 0 Å². The average Bonchev–Trinajstić information content (AvgIpc) is 4.14. The Morgan fingerprint density at radius 2 is 1.69 bits per heavy atom. The van der Waals surface area contributed by atoms with Crippen LogP contribution in [0.15, 0.2) is 30.3 Å². The first-order valence-corrected chi connectivity index (χ1v) is 20.5. The number of rotatable bonds is 15. The van der Waals surface area contributed by atoms with Crippen LogP contribution in [0.2, 0.25) is 0 Å². The van der Waals surface area contributed by atoms with E-state index in [4.69, 9.17) is 33.3 Å². The van der Waals surface area contributed by atoms with Gasteiger partial charge in [-0.25, -0.2) is 0 Å². The zero-order valence-corrected chi connectivity index (χ0v) is 33.0. The van der Waals surface area contributed by atoms with Crippen molar-refractivity contribution in [3.05, 3.63) is 41.5 Å². The summed E-state index contributed by atoms with van der Waals surface area (Å²) in [6.45, 7) is 4.43. The summed E-state index contributed by atoms with van der Waals surface area (Å²) >= 11 is 0. The van der Waals surface area contributed by atoms with Crippen LogP contribution in [0.4, 0.5) is 0 Å². The minimum atomic E-state index is -1.54. The van der Waals surface area contributed by atoms with Gasteiger partial charge in [0.2, 0.25) is 5.91 Å². The molecule has 17 nitrogen and oxygen atoms in total. The van der Waals surface area contributed by atoms with E-state index in [2.05, 4.69) is 5.32 Å². The summed E-state index contributed by atoms with van der Waals surface area (Å²) in [5.41, 5.74) is -0.563. The Morgan fingerprint density at radius 3 is 2.33 bits per heavy atom. The van der Waals surface area contributed by atoms with Gasteiger partial charge in [-0.15, -0.1) is 0 Å². The SMILES string of the molecule is CC(C)(C)OC(=O)CC[C@@H](CO)NC(=O)[C@@]12C[C@H]3OC(=O)[C@@H]1N(Cc1ccc(C=CCO[C@H]4O[C@H](CO)[C@H](O)[C@H](O)[C@H]4O)cc1)O[C@@H]2[C@H]1OC(C2CC2)(C2CC2)O[C@H]13. The molecule has 0 unspecified atom stereocenters. The molecule has 4 aliphatic heterocycles. The summed E-state index contributed by atoms with van der Waals surface area (Å²) in [5, 5.41) is 54.5. The third-order valence-corrected chi connectivity index (χ3v) is 12.4. The van der Waals surface area contributed by atoms with E-state index in [9.17, 15) is 39.9 Å². The summed E-state index contributed by atoms with van der Waals surface area (Å²) < 4.78 is 36.2. The zero-order valence-electron chi connectivity index (χ0n) is 33.0. The van der Waals surface area contributed by atoms with Crippen LogP contribution >= 0.6 is 0 Å². The molecule has 4 saturated heterocycles. The molecule has 3 saturated carbocycles. The van der Waals surface area contributed by atoms with Gasteiger partial charge in [0, 0.05) is 24.7 Å². The molecule has 4 heterocycles. The van der Waals surface area contributed by atoms with E-state index < -0.39 is 115 Å². The molecule has 0 spiro atoms. The first-order valence-electron chi connectivity index (χ1n) is 20.5. The second-order valence-electron chi connectivity index (χ2n) is 17.8. The number of hydrogen-bond acceptors (Lipinski definition) is 16. The smallest absolute Gasteiger partial charge is 0.327 e. The Morgan fingerprint density at radius 1 is 1.00 bits per heavy atom. The molecule has 6 N–H and O–H groups in total. The van der Waals surface area contributed by atoms with Crippen molar-refractivity contribution in [2.24, 2.45) is 17.3 Å². The summed E-state index contributed by atoms with van der Waals surface area (Å²) in [5.74, 6) is -1.92. The number of nitrogens with one attached hydrogen (secondary N) is 1. The van der Waals surface area contributed by atoms with Crippen LogP contribution in [0.3, 0.4) is 0 Å². The van der Waals surface area contributed by atoms with Crippen molar-refractivity contribution >= 4 is 23.9 Å². The third kappa shape index (κ3) is 7.84. The number of carbonyl (C=O) groups excluding carboxylic acids is 3. The lowest BCUT2D eigenvalue weighted by Gasteiger charge is -2.49. The number of aliphatic hydroxyl groups is 5. The van der Waals surface area contributed by atoms with Gasteiger partial charge >= 0.3 is 11.9 Å². The Bertz CT molecular complexity index is 1700. The summed E-state index contributed by atoms with van der Waals surface area (Å²) in [6.07, 6.45) is -2.24. The van der Waals surface area contributed by atoms with Gasteiger partial charge in [0.25, 0.3) is 0 Å². The minimum absolute atomic E-state index is 0.00273. The van der Waals surface area contributed by atoms with E-state index in [1.165, 1.54) is 5.06 Å². The average molecular weight is 817 g/mol. The van der Waals surface area contributed by atoms with Crippen molar-refractivity contribution in [2.75, 3.05) is 19.8 Å². The van der Waals surface area contributed by atoms with Crippen molar-refractivity contribution in [3.63, 3.8) is 0 Å². The molecule has 2 bridgehead atoms. The fraction of sp³-hybridized carbons (Fsp3) is 0.732. The number of hydrogen-bond donors (Lipinski definition) is 6. The van der Waals surface area contributed by atoms with Crippen LogP contribution in [0.25, 0.3) is 6.08 Å². The molecule has 0 radical (unpaired) electrons. The number of amides is 1. The third-order valence-electron chi connectivity index (χ3n) is 12.4. The topological polar surface area (TPSA) is 232 Å². The van der Waals surface area contributed by atoms with Gasteiger partial charge in [-0.1, -0.05) is 36.4 Å². The van der Waals surface area contributed by atoms with E-state index in [0.29, 0.717) is 0 Å². The minimum Gasteiger partial charge on any atom is -0.460 e. The predicted molar refractivity (Wildman–Crippen MR) is 198 cm³/mol. The number of ether oxygens (including phenoxy) is 6. The maximum Gasteiger partial charge on any atom is 0.327 e. The van der Waals surface area contributed by atoms with Crippen LogP contribution in [-0.4, -0.2) is 147 Å². The highest BCUT2D eigenvalue weighted by molar-refractivity contribution is 5.93. The van der Waals surface area contributed by atoms with Crippen molar-refractivity contribution in [1.82, 2.24) is 10.4 Å². The van der Waals surface area contributed by atoms with Crippen molar-refractivity contribution in [2.45, 2.75) is 151 Å². The summed E-state index contributed by atoms with van der Waals surface area (Å²) in [6, 6.07) is 5.47. The fourth-order valence-corrected chi connectivity index (χ4v) is 9.33. The van der Waals surface area contributed by atoms with Gasteiger partial charge in [0.05, 0.1) is 32.4 Å². The maximum atomic E-state index is 14.7. The van der Waals surface area contributed by atoms with E-state index in [1.807, 2.05) is 24.3 Å². The summed E-state index contributed by atoms with van der Waals surface area (Å²) in [4.78, 5) is 48.1. The molecule has 8 rings (SSSR count). The van der Waals surface area contributed by atoms with Crippen LogP contribution in [0.1, 0.15) is 76.8 Å². The van der Waals surface area contributed by atoms with E-state index in [-0.39, 0.29) is 44.2 Å². The molecule has 1 aromatic carbocycles. The van der Waals surface area contributed by atoms with Gasteiger partial charge in [0.1, 0.15) is 59.8 Å². The molecule has 17 heteroatoms. The number of carbonyl (C=O) groups is 3. The highest BCUT2D eigenvalue weighted by Crippen LogP contribution is 2.63. The Balaban J connectivity index is 0.986. The van der Waals surface area contributed by atoms with Gasteiger partial charge in [0.15, 0.2) is 18.1 Å². The van der Waals surface area contributed by atoms with Crippen LogP contribution in [0.5, 0.6) is 0 Å². The van der Waals surface area contributed by atoms with Gasteiger partial charge in [-0.3, -0.25) is 19.2 Å². The largest absolute Gasteiger partial charge is 0.460 e. The lowest BCUT2D eigenvalue weighted by Crippen LogP contribution is -2.70. The lowest BCUT2D eigenvalue weighted by atomic mass is 9.62. The van der Waals surface area contributed by atoms with Crippen molar-refractivity contribution in [3.8, 4) is 0 Å². The van der Waals surface area contributed by atoms with E-state index in [1.54, 1.807) is 32.9 Å². The molecule has 12 atom stereocenters. The molecule has 0 aromatic heterocycles. The second kappa shape index (κ2) is 16.1. The first kappa shape index (κ1) is 41.7. The molecule has 7 fully saturated rings. The number of benzene rings is 1. The molecular weight excluding hydrogens is 760 g/mol. The van der Waals surface area contributed by atoms with Crippen LogP contribution in [-0.2, 0) is 54.2 Å². The van der Waals surface area contributed by atoms with Gasteiger partial charge in [-0.2, -0.15) is 5.06 Å². The number of fused-ring (bicyclic) bond motifs is 4. The Labute approximate surface area is 336 Å². The quantitative estimate of drug-likeness (QED) is 0.130.